The van der Waals surface area contributed by atoms with Gasteiger partial charge in [0.25, 0.3) is 0 Å². The summed E-state index contributed by atoms with van der Waals surface area (Å²) in [7, 11) is 0. The van der Waals surface area contributed by atoms with Crippen LogP contribution in [-0.4, -0.2) is 6.54 Å². The molecule has 1 aromatic carbocycles. The molecular formula is C15H21N. The molecule has 1 heteroatoms. The van der Waals surface area contributed by atoms with Crippen molar-refractivity contribution in [2.75, 3.05) is 6.54 Å². The molecule has 0 aliphatic heterocycles. The van der Waals surface area contributed by atoms with E-state index in [1.165, 1.54) is 11.1 Å². The van der Waals surface area contributed by atoms with Gasteiger partial charge in [0, 0.05) is 6.04 Å². The smallest absolute Gasteiger partial charge is 0.0581 e. The van der Waals surface area contributed by atoms with Crippen molar-refractivity contribution in [1.82, 2.24) is 5.32 Å². The Balaban J connectivity index is 2.65. The Bertz CT molecular complexity index is 353. The maximum Gasteiger partial charge on any atom is 0.0581 e. The molecule has 1 aromatic rings. The van der Waals surface area contributed by atoms with E-state index in [4.69, 9.17) is 0 Å². The van der Waals surface area contributed by atoms with Crippen LogP contribution < -0.4 is 5.32 Å². The molecule has 1 N–H and O–H groups in total. The molecule has 0 spiro atoms. The summed E-state index contributed by atoms with van der Waals surface area (Å²) in [6.07, 6.45) is 2.20. The van der Waals surface area contributed by atoms with Crippen molar-refractivity contribution in [3.05, 3.63) is 35.4 Å². The zero-order valence-electron chi connectivity index (χ0n) is 10.5. The molecule has 0 aliphatic rings. The van der Waals surface area contributed by atoms with Crippen molar-refractivity contribution < 1.29 is 0 Å². The summed E-state index contributed by atoms with van der Waals surface area (Å²) in [5.41, 5.74) is 2.75. The zero-order chi connectivity index (χ0) is 11.8. The van der Waals surface area contributed by atoms with Gasteiger partial charge in [0.1, 0.15) is 0 Å². The molecule has 16 heavy (non-hydrogen) atoms. The fourth-order valence-corrected chi connectivity index (χ4v) is 1.75. The van der Waals surface area contributed by atoms with Crippen LogP contribution in [-0.2, 0) is 6.42 Å². The van der Waals surface area contributed by atoms with Gasteiger partial charge in [-0.1, -0.05) is 44.0 Å². The van der Waals surface area contributed by atoms with Crippen LogP contribution in [0.1, 0.15) is 44.4 Å². The van der Waals surface area contributed by atoms with Gasteiger partial charge in [0.2, 0.25) is 0 Å². The predicted octanol–water partition coefficient (Wildman–Crippen LogP) is 3.31. The Labute approximate surface area is 99.3 Å². The standard InChI is InChI=1S/C15H21N/c1-4-7-12-16-15(6-3)14-10-8-13(5-2)9-11-14/h8-11,15-16H,5-6,12H2,1-3H3. The third-order valence-corrected chi connectivity index (χ3v) is 2.81. The number of hydrogen-bond acceptors (Lipinski definition) is 1. The van der Waals surface area contributed by atoms with Gasteiger partial charge in [-0.15, -0.1) is 5.92 Å². The number of rotatable bonds is 5. The summed E-state index contributed by atoms with van der Waals surface area (Å²) >= 11 is 0. The maximum absolute atomic E-state index is 3.45. The Morgan fingerprint density at radius 3 is 2.38 bits per heavy atom. The van der Waals surface area contributed by atoms with Crippen molar-refractivity contribution >= 4 is 0 Å². The zero-order valence-corrected chi connectivity index (χ0v) is 10.5. The van der Waals surface area contributed by atoms with Gasteiger partial charge >= 0.3 is 0 Å². The van der Waals surface area contributed by atoms with E-state index < -0.39 is 0 Å². The van der Waals surface area contributed by atoms with E-state index in [1.807, 2.05) is 6.92 Å². The largest absolute Gasteiger partial charge is 0.299 e. The minimum absolute atomic E-state index is 0.423. The third-order valence-electron chi connectivity index (χ3n) is 2.81. The second-order valence-electron chi connectivity index (χ2n) is 3.86. The fraction of sp³-hybridized carbons (Fsp3) is 0.467. The highest BCUT2D eigenvalue weighted by Gasteiger charge is 2.06. The van der Waals surface area contributed by atoms with Crippen molar-refractivity contribution in [1.29, 1.82) is 0 Å². The molecule has 0 amide bonds. The molecule has 1 atom stereocenters. The van der Waals surface area contributed by atoms with Crippen molar-refractivity contribution in [3.8, 4) is 11.8 Å². The first-order valence-corrected chi connectivity index (χ1v) is 6.03. The van der Waals surface area contributed by atoms with Crippen LogP contribution in [0.25, 0.3) is 0 Å². The summed E-state index contributed by atoms with van der Waals surface area (Å²) < 4.78 is 0. The Kier molecular flexibility index (Phi) is 5.67. The highest BCUT2D eigenvalue weighted by atomic mass is 14.9. The van der Waals surface area contributed by atoms with E-state index in [1.54, 1.807) is 0 Å². The van der Waals surface area contributed by atoms with Gasteiger partial charge in [-0.25, -0.2) is 0 Å². The molecule has 0 saturated heterocycles. The van der Waals surface area contributed by atoms with E-state index in [9.17, 15) is 0 Å². The minimum Gasteiger partial charge on any atom is -0.299 e. The van der Waals surface area contributed by atoms with Crippen LogP contribution in [0.2, 0.25) is 0 Å². The van der Waals surface area contributed by atoms with Crippen LogP contribution in [0, 0.1) is 11.8 Å². The number of hydrogen-bond donors (Lipinski definition) is 1. The quantitative estimate of drug-likeness (QED) is 0.743. The van der Waals surface area contributed by atoms with Crippen LogP contribution in [0.4, 0.5) is 0 Å². The molecule has 0 saturated carbocycles. The summed E-state index contributed by atoms with van der Waals surface area (Å²) in [5, 5.41) is 3.45. The van der Waals surface area contributed by atoms with E-state index in [0.717, 1.165) is 19.4 Å². The average Bonchev–Trinajstić information content (AvgIpc) is 2.35. The van der Waals surface area contributed by atoms with E-state index >= 15 is 0 Å². The molecule has 0 radical (unpaired) electrons. The van der Waals surface area contributed by atoms with E-state index in [-0.39, 0.29) is 0 Å². The Hall–Kier alpha value is -1.26. The Morgan fingerprint density at radius 1 is 1.19 bits per heavy atom. The van der Waals surface area contributed by atoms with Gasteiger partial charge in [0.05, 0.1) is 6.54 Å². The molecule has 0 bridgehead atoms. The second-order valence-corrected chi connectivity index (χ2v) is 3.86. The van der Waals surface area contributed by atoms with Crippen molar-refractivity contribution in [2.45, 2.75) is 39.7 Å². The SMILES string of the molecule is CC#CCNC(CC)c1ccc(CC)cc1. The van der Waals surface area contributed by atoms with Gasteiger partial charge in [0.15, 0.2) is 0 Å². The summed E-state index contributed by atoms with van der Waals surface area (Å²) in [5.74, 6) is 5.95. The van der Waals surface area contributed by atoms with Crippen LogP contribution in [0.15, 0.2) is 24.3 Å². The molecule has 1 unspecified atom stereocenters. The molecule has 0 heterocycles. The van der Waals surface area contributed by atoms with Gasteiger partial charge in [-0.2, -0.15) is 0 Å². The number of nitrogens with one attached hydrogen (secondary N) is 1. The molecule has 0 aliphatic carbocycles. The molecule has 86 valence electrons. The molecule has 0 fully saturated rings. The van der Waals surface area contributed by atoms with Crippen molar-refractivity contribution in [2.24, 2.45) is 0 Å². The number of aryl methyl sites for hydroxylation is 1. The van der Waals surface area contributed by atoms with Crippen LogP contribution >= 0.6 is 0 Å². The lowest BCUT2D eigenvalue weighted by molar-refractivity contribution is 0.555. The molecule has 0 aromatic heterocycles. The lowest BCUT2D eigenvalue weighted by atomic mass is 10.0. The monoisotopic (exact) mass is 215 g/mol. The first kappa shape index (κ1) is 12.8. The lowest BCUT2D eigenvalue weighted by Gasteiger charge is -2.16. The first-order valence-electron chi connectivity index (χ1n) is 6.03. The number of benzene rings is 1. The highest BCUT2D eigenvalue weighted by Crippen LogP contribution is 2.17. The minimum atomic E-state index is 0.423. The van der Waals surface area contributed by atoms with E-state index in [0.29, 0.717) is 6.04 Å². The maximum atomic E-state index is 3.45. The normalized spacial score (nSPS) is 11.7. The summed E-state index contributed by atoms with van der Waals surface area (Å²) in [4.78, 5) is 0. The summed E-state index contributed by atoms with van der Waals surface area (Å²) in [6, 6.07) is 9.29. The molecule has 1 nitrogen and oxygen atoms in total. The van der Waals surface area contributed by atoms with Gasteiger partial charge in [-0.05, 0) is 30.9 Å². The topological polar surface area (TPSA) is 12.0 Å². The lowest BCUT2D eigenvalue weighted by Crippen LogP contribution is -2.20. The van der Waals surface area contributed by atoms with Gasteiger partial charge < -0.3 is 0 Å². The van der Waals surface area contributed by atoms with Crippen molar-refractivity contribution in [3.63, 3.8) is 0 Å². The fourth-order valence-electron chi connectivity index (χ4n) is 1.75. The highest BCUT2D eigenvalue weighted by molar-refractivity contribution is 5.25. The van der Waals surface area contributed by atoms with Crippen LogP contribution in [0.5, 0.6) is 0 Å². The second kappa shape index (κ2) is 7.09. The third kappa shape index (κ3) is 3.72. The van der Waals surface area contributed by atoms with E-state index in [2.05, 4.69) is 55.3 Å². The average molecular weight is 215 g/mol. The van der Waals surface area contributed by atoms with Crippen LogP contribution in [0.3, 0.4) is 0 Å². The predicted molar refractivity (Wildman–Crippen MR) is 70.3 cm³/mol. The van der Waals surface area contributed by atoms with Gasteiger partial charge in [-0.3, -0.25) is 5.32 Å². The first-order chi connectivity index (χ1) is 7.81. The molecule has 1 rings (SSSR count). The summed E-state index contributed by atoms with van der Waals surface area (Å²) in [6.45, 7) is 7.02. The Morgan fingerprint density at radius 2 is 1.88 bits per heavy atom. The molecular weight excluding hydrogens is 194 g/mol.